The first-order chi connectivity index (χ1) is 12.9. The average molecular weight is 413 g/mol. The summed E-state index contributed by atoms with van der Waals surface area (Å²) in [5, 5.41) is 3.75. The van der Waals surface area contributed by atoms with Gasteiger partial charge in [0.2, 0.25) is 15.9 Å². The highest BCUT2D eigenvalue weighted by molar-refractivity contribution is 7.88. The van der Waals surface area contributed by atoms with Crippen molar-refractivity contribution in [3.8, 4) is 0 Å². The number of amides is 1. The van der Waals surface area contributed by atoms with Crippen molar-refractivity contribution in [2.24, 2.45) is 5.92 Å². The fourth-order valence-electron chi connectivity index (χ4n) is 4.07. The number of nitrogens with zero attached hydrogens (tertiary/aromatic N) is 1. The summed E-state index contributed by atoms with van der Waals surface area (Å²) in [7, 11) is -3.39. The number of benzene rings is 1. The Bertz CT molecular complexity index is 737. The van der Waals surface area contributed by atoms with Crippen LogP contribution in [0.2, 0.25) is 5.02 Å². The van der Waals surface area contributed by atoms with Crippen molar-refractivity contribution in [3.63, 3.8) is 0 Å². The second-order valence-corrected chi connectivity index (χ2v) is 10.2. The van der Waals surface area contributed by atoms with Crippen molar-refractivity contribution in [2.75, 3.05) is 13.1 Å². The second kappa shape index (κ2) is 9.39. The fourth-order valence-corrected chi connectivity index (χ4v) is 5.83. The zero-order valence-electron chi connectivity index (χ0n) is 15.7. The fraction of sp³-hybridized carbons (Fsp3) is 0.650. The normalized spacial score (nSPS) is 20.9. The van der Waals surface area contributed by atoms with Crippen LogP contribution in [-0.2, 0) is 20.6 Å². The molecular formula is C20H29ClN2O3S. The molecule has 0 atom stereocenters. The molecule has 3 rings (SSSR count). The van der Waals surface area contributed by atoms with Crippen molar-refractivity contribution in [3.05, 3.63) is 34.9 Å². The van der Waals surface area contributed by atoms with E-state index >= 15 is 0 Å². The van der Waals surface area contributed by atoms with Crippen LogP contribution in [0.4, 0.5) is 0 Å². The SMILES string of the molecule is O=C(NC1CCCCCC1)C1CCN(S(=O)(=O)Cc2cccc(Cl)c2)CC1. The number of nitrogens with one attached hydrogen (secondary N) is 1. The zero-order chi connectivity index (χ0) is 19.3. The zero-order valence-corrected chi connectivity index (χ0v) is 17.3. The first-order valence-electron chi connectivity index (χ1n) is 9.97. The van der Waals surface area contributed by atoms with Gasteiger partial charge in [0.25, 0.3) is 0 Å². The van der Waals surface area contributed by atoms with Crippen LogP contribution in [0.25, 0.3) is 0 Å². The molecule has 1 aliphatic carbocycles. The van der Waals surface area contributed by atoms with Gasteiger partial charge < -0.3 is 5.32 Å². The number of hydrogen-bond donors (Lipinski definition) is 1. The van der Waals surface area contributed by atoms with Crippen LogP contribution >= 0.6 is 11.6 Å². The first-order valence-corrected chi connectivity index (χ1v) is 12.0. The van der Waals surface area contributed by atoms with E-state index < -0.39 is 10.0 Å². The van der Waals surface area contributed by atoms with Crippen LogP contribution in [0, 0.1) is 5.92 Å². The first kappa shape index (κ1) is 20.6. The third kappa shape index (κ3) is 5.93. The molecule has 1 heterocycles. The molecule has 1 saturated heterocycles. The lowest BCUT2D eigenvalue weighted by Crippen LogP contribution is -2.45. The third-order valence-electron chi connectivity index (χ3n) is 5.66. The molecule has 150 valence electrons. The van der Waals surface area contributed by atoms with Crippen molar-refractivity contribution >= 4 is 27.5 Å². The average Bonchev–Trinajstić information content (AvgIpc) is 2.90. The molecule has 5 nitrogen and oxygen atoms in total. The standard InChI is InChI=1S/C20H29ClN2O3S/c21-18-7-5-6-16(14-18)15-27(25,26)23-12-10-17(11-13-23)20(24)22-19-8-3-1-2-4-9-19/h5-7,14,17,19H,1-4,8-13,15H2,(H,22,24). The van der Waals surface area contributed by atoms with E-state index in [-0.39, 0.29) is 17.6 Å². The van der Waals surface area contributed by atoms with E-state index in [0.717, 1.165) is 12.8 Å². The van der Waals surface area contributed by atoms with E-state index in [1.165, 1.54) is 30.0 Å². The molecule has 0 unspecified atom stereocenters. The predicted octanol–water partition coefficient (Wildman–Crippen LogP) is 3.72. The maximum Gasteiger partial charge on any atom is 0.223 e. The number of carbonyl (C=O) groups excluding carboxylic acids is 1. The van der Waals surface area contributed by atoms with Crippen LogP contribution in [0.5, 0.6) is 0 Å². The van der Waals surface area contributed by atoms with Crippen LogP contribution in [0.15, 0.2) is 24.3 Å². The highest BCUT2D eigenvalue weighted by Crippen LogP contribution is 2.24. The van der Waals surface area contributed by atoms with Gasteiger partial charge >= 0.3 is 0 Å². The smallest absolute Gasteiger partial charge is 0.223 e. The Morgan fingerprint density at radius 1 is 1.07 bits per heavy atom. The summed E-state index contributed by atoms with van der Waals surface area (Å²) in [6, 6.07) is 7.25. The van der Waals surface area contributed by atoms with E-state index in [2.05, 4.69) is 5.32 Å². The number of carbonyl (C=O) groups is 1. The van der Waals surface area contributed by atoms with E-state index in [1.54, 1.807) is 24.3 Å². The van der Waals surface area contributed by atoms with Gasteiger partial charge in [0.1, 0.15) is 0 Å². The van der Waals surface area contributed by atoms with E-state index in [0.29, 0.717) is 42.6 Å². The van der Waals surface area contributed by atoms with Gasteiger partial charge in [-0.05, 0) is 43.4 Å². The van der Waals surface area contributed by atoms with Gasteiger partial charge in [-0.3, -0.25) is 4.79 Å². The predicted molar refractivity (Wildman–Crippen MR) is 108 cm³/mol. The van der Waals surface area contributed by atoms with Gasteiger partial charge in [0.15, 0.2) is 0 Å². The summed E-state index contributed by atoms with van der Waals surface area (Å²) < 4.78 is 26.9. The molecule has 27 heavy (non-hydrogen) atoms. The molecule has 1 N–H and O–H groups in total. The summed E-state index contributed by atoms with van der Waals surface area (Å²) in [5.74, 6) is -0.0216. The summed E-state index contributed by atoms with van der Waals surface area (Å²) in [6.45, 7) is 0.817. The molecule has 1 saturated carbocycles. The Kier molecular flexibility index (Phi) is 7.17. The van der Waals surface area contributed by atoms with Gasteiger partial charge in [0.05, 0.1) is 5.75 Å². The molecule has 0 aromatic heterocycles. The van der Waals surface area contributed by atoms with Gasteiger partial charge in [-0.1, -0.05) is 49.4 Å². The summed E-state index contributed by atoms with van der Waals surface area (Å²) >= 11 is 5.95. The highest BCUT2D eigenvalue weighted by atomic mass is 35.5. The van der Waals surface area contributed by atoms with Gasteiger partial charge in [0, 0.05) is 30.1 Å². The van der Waals surface area contributed by atoms with Gasteiger partial charge in [-0.15, -0.1) is 0 Å². The number of halogens is 1. The van der Waals surface area contributed by atoms with Crippen molar-refractivity contribution in [1.29, 1.82) is 0 Å². The van der Waals surface area contributed by atoms with Gasteiger partial charge in [-0.2, -0.15) is 0 Å². The molecule has 1 amide bonds. The van der Waals surface area contributed by atoms with Crippen molar-refractivity contribution in [2.45, 2.75) is 63.2 Å². The topological polar surface area (TPSA) is 66.5 Å². The van der Waals surface area contributed by atoms with Crippen LogP contribution < -0.4 is 5.32 Å². The molecule has 2 fully saturated rings. The minimum absolute atomic E-state index is 0.0491. The summed E-state index contributed by atoms with van der Waals surface area (Å²) in [4.78, 5) is 12.6. The maximum atomic E-state index is 12.7. The van der Waals surface area contributed by atoms with Gasteiger partial charge in [-0.25, -0.2) is 12.7 Å². The molecule has 0 spiro atoms. The molecule has 0 bridgehead atoms. The van der Waals surface area contributed by atoms with Crippen LogP contribution in [0.1, 0.15) is 56.9 Å². The Morgan fingerprint density at radius 2 is 1.74 bits per heavy atom. The highest BCUT2D eigenvalue weighted by Gasteiger charge is 2.32. The lowest BCUT2D eigenvalue weighted by molar-refractivity contribution is -0.126. The number of piperidine rings is 1. The molecule has 0 radical (unpaired) electrons. The van der Waals surface area contributed by atoms with E-state index in [4.69, 9.17) is 11.6 Å². The molecule has 2 aliphatic rings. The van der Waals surface area contributed by atoms with Crippen molar-refractivity contribution < 1.29 is 13.2 Å². The Labute approximate surface area is 167 Å². The summed E-state index contributed by atoms with van der Waals surface area (Å²) in [5.41, 5.74) is 0.690. The Balaban J connectivity index is 1.50. The number of sulfonamides is 1. The lowest BCUT2D eigenvalue weighted by Gasteiger charge is -2.31. The Morgan fingerprint density at radius 3 is 2.37 bits per heavy atom. The quantitative estimate of drug-likeness (QED) is 0.749. The van der Waals surface area contributed by atoms with E-state index in [9.17, 15) is 13.2 Å². The molecule has 1 aromatic carbocycles. The minimum atomic E-state index is -3.39. The molecule has 1 aliphatic heterocycles. The maximum absolute atomic E-state index is 12.7. The Hall–Kier alpha value is -1.11. The number of rotatable bonds is 5. The summed E-state index contributed by atoms with van der Waals surface area (Å²) in [6.07, 6.45) is 8.21. The monoisotopic (exact) mass is 412 g/mol. The number of hydrogen-bond acceptors (Lipinski definition) is 3. The molecule has 7 heteroatoms. The lowest BCUT2D eigenvalue weighted by atomic mass is 9.96. The van der Waals surface area contributed by atoms with Crippen LogP contribution in [-0.4, -0.2) is 37.8 Å². The van der Waals surface area contributed by atoms with E-state index in [1.807, 2.05) is 0 Å². The third-order valence-corrected chi connectivity index (χ3v) is 7.74. The molecular weight excluding hydrogens is 384 g/mol. The van der Waals surface area contributed by atoms with Crippen molar-refractivity contribution in [1.82, 2.24) is 9.62 Å². The largest absolute Gasteiger partial charge is 0.353 e. The molecule has 1 aromatic rings. The minimum Gasteiger partial charge on any atom is -0.353 e. The second-order valence-electron chi connectivity index (χ2n) is 7.76. The van der Waals surface area contributed by atoms with Crippen LogP contribution in [0.3, 0.4) is 0 Å².